The highest BCUT2D eigenvalue weighted by Gasteiger charge is 2.37. The molecule has 1 saturated carbocycles. The number of primary amides is 1. The number of carbonyl (C=O) groups excluding carboxylic acids is 1. The van der Waals surface area contributed by atoms with Crippen LogP contribution in [0.3, 0.4) is 0 Å². The number of hydrogen-bond acceptors (Lipinski definition) is 6. The van der Waals surface area contributed by atoms with Crippen LogP contribution >= 0.6 is 0 Å². The van der Waals surface area contributed by atoms with E-state index in [0.717, 1.165) is 37.2 Å². The number of nitrogens with two attached hydrogens (primary N) is 1. The Morgan fingerprint density at radius 1 is 1.17 bits per heavy atom. The molecule has 0 radical (unpaired) electrons. The summed E-state index contributed by atoms with van der Waals surface area (Å²) in [6, 6.07) is 0.310. The molecule has 2 atom stereocenters. The van der Waals surface area contributed by atoms with Crippen molar-refractivity contribution in [3.8, 4) is 11.3 Å². The highest BCUT2D eigenvalue weighted by molar-refractivity contribution is 6.01. The van der Waals surface area contributed by atoms with Gasteiger partial charge in [0.05, 0.1) is 35.5 Å². The number of carbonyl (C=O) groups is 1. The lowest BCUT2D eigenvalue weighted by Crippen LogP contribution is -2.24. The van der Waals surface area contributed by atoms with E-state index in [0.29, 0.717) is 34.8 Å². The number of aryl methyl sites for hydroxylation is 1. The Bertz CT molecular complexity index is 1010. The van der Waals surface area contributed by atoms with Crippen LogP contribution in [0.15, 0.2) is 24.8 Å². The first-order valence-corrected chi connectivity index (χ1v) is 10.2. The van der Waals surface area contributed by atoms with Gasteiger partial charge < -0.3 is 16.4 Å². The quantitative estimate of drug-likeness (QED) is 0.618. The number of nitrogens with one attached hydrogen (secondary N) is 2. The summed E-state index contributed by atoms with van der Waals surface area (Å²) in [5.74, 6) is 0.893. The van der Waals surface area contributed by atoms with Crippen LogP contribution in [-0.4, -0.2) is 49.4 Å². The average molecular weight is 396 g/mol. The number of aromatic nitrogens is 5. The molecule has 0 aromatic carbocycles. The van der Waals surface area contributed by atoms with Crippen molar-refractivity contribution in [3.05, 3.63) is 30.4 Å². The highest BCUT2D eigenvalue weighted by atomic mass is 16.1. The van der Waals surface area contributed by atoms with Gasteiger partial charge in [-0.2, -0.15) is 10.2 Å². The molecular formula is C20H28N8O. The number of amides is 1. The SMILES string of the molecule is CC.Cn1cc(-c2cn3ncc(C(N)=O)c(NC4CC5CNCC5C4)c3n2)cn1. The topological polar surface area (TPSA) is 115 Å². The van der Waals surface area contributed by atoms with Crippen molar-refractivity contribution >= 4 is 17.2 Å². The van der Waals surface area contributed by atoms with E-state index in [2.05, 4.69) is 20.8 Å². The fourth-order valence-electron chi connectivity index (χ4n) is 4.44. The van der Waals surface area contributed by atoms with E-state index in [1.807, 2.05) is 33.3 Å². The van der Waals surface area contributed by atoms with Crippen LogP contribution in [0.1, 0.15) is 37.0 Å². The maximum atomic E-state index is 12.0. The molecule has 1 amide bonds. The number of anilines is 1. The number of imidazole rings is 1. The zero-order valence-corrected chi connectivity index (χ0v) is 17.1. The van der Waals surface area contributed by atoms with E-state index in [4.69, 9.17) is 10.7 Å². The van der Waals surface area contributed by atoms with Crippen LogP contribution < -0.4 is 16.4 Å². The summed E-state index contributed by atoms with van der Waals surface area (Å²) >= 11 is 0. The molecule has 2 aliphatic rings. The van der Waals surface area contributed by atoms with Crippen LogP contribution in [0.2, 0.25) is 0 Å². The van der Waals surface area contributed by atoms with Crippen molar-refractivity contribution < 1.29 is 4.79 Å². The van der Waals surface area contributed by atoms with E-state index in [-0.39, 0.29) is 0 Å². The Balaban J connectivity index is 0.000000994. The molecule has 3 aromatic rings. The van der Waals surface area contributed by atoms with Gasteiger partial charge in [-0.1, -0.05) is 13.8 Å². The summed E-state index contributed by atoms with van der Waals surface area (Å²) in [5.41, 5.74) is 8.93. The molecule has 5 rings (SSSR count). The summed E-state index contributed by atoms with van der Waals surface area (Å²) in [5, 5.41) is 15.5. The molecule has 1 saturated heterocycles. The lowest BCUT2D eigenvalue weighted by atomic mass is 10.0. The van der Waals surface area contributed by atoms with Crippen LogP contribution in [-0.2, 0) is 7.05 Å². The summed E-state index contributed by atoms with van der Waals surface area (Å²) in [6.45, 7) is 6.15. The molecule has 0 bridgehead atoms. The number of hydrogen-bond donors (Lipinski definition) is 3. The van der Waals surface area contributed by atoms with Gasteiger partial charge >= 0.3 is 0 Å². The fraction of sp³-hybridized carbons (Fsp3) is 0.500. The lowest BCUT2D eigenvalue weighted by Gasteiger charge is -2.17. The standard InChI is InChI=1S/C18H22N8O.C2H6/c1-25-8-12(6-21-25)15-9-26-18(24-15)16(14(7-22-26)17(19)27)23-13-2-10-4-20-5-11(10)3-13;1-2/h6-11,13,20,23H,2-5H2,1H3,(H2,19,27);1-2H3. The minimum absolute atomic E-state index is 0.310. The molecule has 1 aliphatic heterocycles. The summed E-state index contributed by atoms with van der Waals surface area (Å²) < 4.78 is 3.42. The summed E-state index contributed by atoms with van der Waals surface area (Å²) in [6.07, 6.45) is 9.18. The highest BCUT2D eigenvalue weighted by Crippen LogP contribution is 2.37. The van der Waals surface area contributed by atoms with Gasteiger partial charge in [-0.05, 0) is 37.8 Å². The minimum atomic E-state index is -0.502. The van der Waals surface area contributed by atoms with Crippen LogP contribution in [0.5, 0.6) is 0 Å². The second-order valence-electron chi connectivity index (χ2n) is 7.59. The van der Waals surface area contributed by atoms with Crippen molar-refractivity contribution in [2.24, 2.45) is 24.6 Å². The molecule has 154 valence electrons. The second-order valence-corrected chi connectivity index (χ2v) is 7.59. The zero-order chi connectivity index (χ0) is 20.5. The van der Waals surface area contributed by atoms with Gasteiger partial charge in [0.2, 0.25) is 0 Å². The van der Waals surface area contributed by atoms with Crippen molar-refractivity contribution in [2.75, 3.05) is 18.4 Å². The number of nitrogens with zero attached hydrogens (tertiary/aromatic N) is 5. The molecule has 29 heavy (non-hydrogen) atoms. The Kier molecular flexibility index (Phi) is 5.23. The maximum absolute atomic E-state index is 12.0. The van der Waals surface area contributed by atoms with Crippen LogP contribution in [0, 0.1) is 11.8 Å². The fourth-order valence-corrected chi connectivity index (χ4v) is 4.44. The predicted molar refractivity (Wildman–Crippen MR) is 112 cm³/mol. The molecule has 0 spiro atoms. The first-order chi connectivity index (χ1) is 14.1. The Labute approximate surface area is 169 Å². The molecule has 1 aliphatic carbocycles. The molecular weight excluding hydrogens is 368 g/mol. The zero-order valence-electron chi connectivity index (χ0n) is 17.1. The first kappa shape index (κ1) is 19.4. The average Bonchev–Trinajstić information content (AvgIpc) is 3.45. The normalized spacial score (nSPS) is 22.9. The van der Waals surface area contributed by atoms with Gasteiger partial charge in [0.15, 0.2) is 5.65 Å². The van der Waals surface area contributed by atoms with E-state index >= 15 is 0 Å². The lowest BCUT2D eigenvalue weighted by molar-refractivity contribution is 0.100. The van der Waals surface area contributed by atoms with Crippen LogP contribution in [0.25, 0.3) is 16.9 Å². The third-order valence-electron chi connectivity index (χ3n) is 5.76. The van der Waals surface area contributed by atoms with Crippen molar-refractivity contribution in [1.82, 2.24) is 29.7 Å². The van der Waals surface area contributed by atoms with Crippen molar-refractivity contribution in [2.45, 2.75) is 32.7 Å². The largest absolute Gasteiger partial charge is 0.379 e. The minimum Gasteiger partial charge on any atom is -0.379 e. The smallest absolute Gasteiger partial charge is 0.252 e. The molecule has 9 nitrogen and oxygen atoms in total. The molecule has 2 unspecified atom stereocenters. The van der Waals surface area contributed by atoms with Crippen LogP contribution in [0.4, 0.5) is 5.69 Å². The van der Waals surface area contributed by atoms with E-state index < -0.39 is 5.91 Å². The van der Waals surface area contributed by atoms with E-state index in [1.54, 1.807) is 15.4 Å². The van der Waals surface area contributed by atoms with E-state index in [9.17, 15) is 4.79 Å². The van der Waals surface area contributed by atoms with E-state index in [1.165, 1.54) is 6.20 Å². The summed E-state index contributed by atoms with van der Waals surface area (Å²) in [7, 11) is 1.86. The van der Waals surface area contributed by atoms with Gasteiger partial charge in [-0.15, -0.1) is 0 Å². The number of fused-ring (bicyclic) bond motifs is 2. The first-order valence-electron chi connectivity index (χ1n) is 10.2. The third kappa shape index (κ3) is 3.57. The van der Waals surface area contributed by atoms with Gasteiger partial charge in [-0.3, -0.25) is 9.48 Å². The Morgan fingerprint density at radius 2 is 1.90 bits per heavy atom. The van der Waals surface area contributed by atoms with Gasteiger partial charge in [0.25, 0.3) is 5.91 Å². The molecule has 3 aromatic heterocycles. The molecule has 9 heteroatoms. The summed E-state index contributed by atoms with van der Waals surface area (Å²) in [4.78, 5) is 16.7. The number of rotatable bonds is 4. The molecule has 4 heterocycles. The Hall–Kier alpha value is -2.94. The second kappa shape index (κ2) is 7.82. The van der Waals surface area contributed by atoms with Crippen molar-refractivity contribution in [1.29, 1.82) is 0 Å². The molecule has 2 fully saturated rings. The maximum Gasteiger partial charge on any atom is 0.252 e. The Morgan fingerprint density at radius 3 is 2.52 bits per heavy atom. The third-order valence-corrected chi connectivity index (χ3v) is 5.76. The molecule has 4 N–H and O–H groups in total. The van der Waals surface area contributed by atoms with Gasteiger partial charge in [-0.25, -0.2) is 9.50 Å². The van der Waals surface area contributed by atoms with Gasteiger partial charge in [0.1, 0.15) is 0 Å². The van der Waals surface area contributed by atoms with Gasteiger partial charge in [0, 0.05) is 24.8 Å². The predicted octanol–water partition coefficient (Wildman–Crippen LogP) is 1.66. The monoisotopic (exact) mass is 396 g/mol. The van der Waals surface area contributed by atoms with Crippen molar-refractivity contribution in [3.63, 3.8) is 0 Å².